The molecule has 3 aliphatic heterocycles. The molecule has 3 aliphatic rings. The van der Waals surface area contributed by atoms with Crippen molar-refractivity contribution in [3.05, 3.63) is 54.1 Å². The Balaban J connectivity index is 1.87. The SMILES string of the molecule is C=C(C)C[C@H]1N(c2ccccc2C)C(=O)[C@@H]2[C@H](C(=O)[O-])[C@@H]3C=C[C@]21O3. The van der Waals surface area contributed by atoms with Crippen LogP contribution in [0, 0.1) is 18.8 Å². The zero-order valence-corrected chi connectivity index (χ0v) is 14.3. The van der Waals surface area contributed by atoms with Gasteiger partial charge in [0.25, 0.3) is 0 Å². The molecule has 0 N–H and O–H groups in total. The highest BCUT2D eigenvalue weighted by atomic mass is 16.5. The van der Waals surface area contributed by atoms with Crippen LogP contribution in [0.4, 0.5) is 5.69 Å². The van der Waals surface area contributed by atoms with Gasteiger partial charge in [-0.2, -0.15) is 0 Å². The molecule has 4 rings (SSSR count). The fourth-order valence-corrected chi connectivity index (χ4v) is 4.62. The molecule has 0 aromatic heterocycles. The highest BCUT2D eigenvalue weighted by Gasteiger charge is 2.69. The summed E-state index contributed by atoms with van der Waals surface area (Å²) in [6.07, 6.45) is 3.60. The first kappa shape index (κ1) is 16.1. The smallest absolute Gasteiger partial charge is 0.234 e. The highest BCUT2D eigenvalue weighted by molar-refractivity contribution is 6.03. The third-order valence-electron chi connectivity index (χ3n) is 5.61. The average molecular weight is 338 g/mol. The third kappa shape index (κ3) is 2.05. The van der Waals surface area contributed by atoms with Gasteiger partial charge in [0.1, 0.15) is 5.60 Å². The normalized spacial score (nSPS) is 35.3. The number of benzene rings is 1. The van der Waals surface area contributed by atoms with Crippen molar-refractivity contribution in [2.24, 2.45) is 11.8 Å². The van der Waals surface area contributed by atoms with Crippen molar-refractivity contribution in [2.75, 3.05) is 4.90 Å². The molecule has 25 heavy (non-hydrogen) atoms. The van der Waals surface area contributed by atoms with Crippen LogP contribution in [0.5, 0.6) is 0 Å². The molecule has 5 atom stereocenters. The van der Waals surface area contributed by atoms with Gasteiger partial charge in [0.2, 0.25) is 5.91 Å². The van der Waals surface area contributed by atoms with E-state index in [1.807, 2.05) is 44.2 Å². The van der Waals surface area contributed by atoms with Gasteiger partial charge in [0, 0.05) is 17.6 Å². The van der Waals surface area contributed by atoms with Crippen LogP contribution in [0.25, 0.3) is 0 Å². The molecule has 2 saturated heterocycles. The number of hydrogen-bond donors (Lipinski definition) is 0. The van der Waals surface area contributed by atoms with E-state index in [1.54, 1.807) is 11.0 Å². The lowest BCUT2D eigenvalue weighted by Crippen LogP contribution is -2.46. The van der Waals surface area contributed by atoms with E-state index in [2.05, 4.69) is 6.58 Å². The number of hydrogen-bond acceptors (Lipinski definition) is 4. The summed E-state index contributed by atoms with van der Waals surface area (Å²) in [4.78, 5) is 26.7. The number of carbonyl (C=O) groups is 2. The largest absolute Gasteiger partial charge is 0.550 e. The van der Waals surface area contributed by atoms with Gasteiger partial charge in [-0.1, -0.05) is 35.9 Å². The van der Waals surface area contributed by atoms with Crippen molar-refractivity contribution < 1.29 is 19.4 Å². The van der Waals surface area contributed by atoms with Crippen LogP contribution in [-0.2, 0) is 14.3 Å². The van der Waals surface area contributed by atoms with Crippen LogP contribution in [0.1, 0.15) is 18.9 Å². The van der Waals surface area contributed by atoms with Crippen LogP contribution in [0.2, 0.25) is 0 Å². The van der Waals surface area contributed by atoms with Gasteiger partial charge in [0.15, 0.2) is 0 Å². The summed E-state index contributed by atoms with van der Waals surface area (Å²) in [5.41, 5.74) is 1.75. The summed E-state index contributed by atoms with van der Waals surface area (Å²) in [5.74, 6) is -3.13. The molecule has 5 heteroatoms. The Kier molecular flexibility index (Phi) is 3.41. The fourth-order valence-electron chi connectivity index (χ4n) is 4.62. The number of ether oxygens (including phenoxy) is 1. The molecule has 1 spiro atoms. The van der Waals surface area contributed by atoms with Crippen molar-refractivity contribution in [1.29, 1.82) is 0 Å². The van der Waals surface area contributed by atoms with Crippen LogP contribution >= 0.6 is 0 Å². The molecule has 3 heterocycles. The Hall–Kier alpha value is -2.40. The molecular formula is C20H20NO4-. The summed E-state index contributed by atoms with van der Waals surface area (Å²) >= 11 is 0. The van der Waals surface area contributed by atoms with E-state index in [0.717, 1.165) is 16.8 Å². The summed E-state index contributed by atoms with van der Waals surface area (Å²) in [6.45, 7) is 7.84. The van der Waals surface area contributed by atoms with E-state index >= 15 is 0 Å². The first-order chi connectivity index (χ1) is 11.9. The highest BCUT2D eigenvalue weighted by Crippen LogP contribution is 2.56. The van der Waals surface area contributed by atoms with Crippen molar-refractivity contribution in [2.45, 2.75) is 38.0 Å². The van der Waals surface area contributed by atoms with Gasteiger partial charge in [-0.05, 0) is 31.9 Å². The number of carboxylic acid groups (broad SMARTS) is 1. The Labute approximate surface area is 146 Å². The number of amides is 1. The molecule has 0 radical (unpaired) electrons. The lowest BCUT2D eigenvalue weighted by atomic mass is 9.74. The van der Waals surface area contributed by atoms with Gasteiger partial charge in [-0.15, -0.1) is 6.58 Å². The summed E-state index contributed by atoms with van der Waals surface area (Å²) < 4.78 is 6.10. The number of fused-ring (bicyclic) bond motifs is 1. The molecule has 1 amide bonds. The molecule has 1 aromatic rings. The maximum absolute atomic E-state index is 13.3. The predicted octanol–water partition coefficient (Wildman–Crippen LogP) is 1.37. The number of carbonyl (C=O) groups excluding carboxylic acids is 2. The summed E-state index contributed by atoms with van der Waals surface area (Å²) in [7, 11) is 0. The van der Waals surface area contributed by atoms with Gasteiger partial charge < -0.3 is 19.5 Å². The maximum Gasteiger partial charge on any atom is 0.234 e. The Morgan fingerprint density at radius 3 is 2.76 bits per heavy atom. The minimum absolute atomic E-state index is 0.207. The van der Waals surface area contributed by atoms with E-state index in [-0.39, 0.29) is 11.9 Å². The third-order valence-corrected chi connectivity index (χ3v) is 5.61. The Morgan fingerprint density at radius 1 is 1.40 bits per heavy atom. The van der Waals surface area contributed by atoms with Crippen molar-refractivity contribution in [1.82, 2.24) is 0 Å². The molecule has 0 unspecified atom stereocenters. The molecule has 1 aromatic carbocycles. The molecule has 130 valence electrons. The first-order valence-corrected chi connectivity index (χ1v) is 8.48. The van der Waals surface area contributed by atoms with E-state index in [1.165, 1.54) is 0 Å². The number of rotatable bonds is 4. The monoisotopic (exact) mass is 338 g/mol. The van der Waals surface area contributed by atoms with Gasteiger partial charge in [-0.25, -0.2) is 0 Å². The predicted molar refractivity (Wildman–Crippen MR) is 90.6 cm³/mol. The number of nitrogens with zero attached hydrogens (tertiary/aromatic N) is 1. The minimum atomic E-state index is -1.23. The van der Waals surface area contributed by atoms with Gasteiger partial charge >= 0.3 is 0 Å². The second-order valence-electron chi connectivity index (χ2n) is 7.29. The topological polar surface area (TPSA) is 69.7 Å². The molecule has 0 aliphatic carbocycles. The molecule has 0 saturated carbocycles. The number of carboxylic acids is 1. The first-order valence-electron chi connectivity index (χ1n) is 8.48. The summed E-state index contributed by atoms with van der Waals surface area (Å²) in [5, 5.41) is 11.7. The van der Waals surface area contributed by atoms with Crippen molar-refractivity contribution in [3.8, 4) is 0 Å². The number of para-hydroxylation sites is 1. The summed E-state index contributed by atoms with van der Waals surface area (Å²) in [6, 6.07) is 7.31. The van der Waals surface area contributed by atoms with Gasteiger partial charge in [-0.3, -0.25) is 4.79 Å². The van der Waals surface area contributed by atoms with E-state index < -0.39 is 29.5 Å². The number of aliphatic carboxylic acids is 1. The van der Waals surface area contributed by atoms with Crippen LogP contribution in [-0.4, -0.2) is 29.6 Å². The molecule has 2 fully saturated rings. The van der Waals surface area contributed by atoms with Crippen molar-refractivity contribution >= 4 is 17.6 Å². The zero-order chi connectivity index (χ0) is 17.9. The Bertz CT molecular complexity index is 814. The molecule has 2 bridgehead atoms. The van der Waals surface area contributed by atoms with Gasteiger partial charge in [0.05, 0.1) is 18.1 Å². The molecule has 5 nitrogen and oxygen atoms in total. The maximum atomic E-state index is 13.3. The van der Waals surface area contributed by atoms with E-state index in [0.29, 0.717) is 6.42 Å². The van der Waals surface area contributed by atoms with Crippen molar-refractivity contribution in [3.63, 3.8) is 0 Å². The van der Waals surface area contributed by atoms with E-state index in [9.17, 15) is 14.7 Å². The fraction of sp³-hybridized carbons (Fsp3) is 0.400. The Morgan fingerprint density at radius 2 is 2.12 bits per heavy atom. The second kappa shape index (κ2) is 5.30. The lowest BCUT2D eigenvalue weighted by molar-refractivity contribution is -0.313. The average Bonchev–Trinajstić information content (AvgIpc) is 3.18. The van der Waals surface area contributed by atoms with Crippen LogP contribution < -0.4 is 10.0 Å². The number of aryl methyl sites for hydroxylation is 1. The number of anilines is 1. The second-order valence-corrected chi connectivity index (χ2v) is 7.29. The van der Waals surface area contributed by atoms with E-state index in [4.69, 9.17) is 4.74 Å². The van der Waals surface area contributed by atoms with Crippen LogP contribution in [0.15, 0.2) is 48.6 Å². The molecular weight excluding hydrogens is 318 g/mol. The quantitative estimate of drug-likeness (QED) is 0.778. The lowest BCUT2D eigenvalue weighted by Gasteiger charge is -2.34. The minimum Gasteiger partial charge on any atom is -0.550 e. The standard InChI is InChI=1S/C20H21NO4/c1-11(2)10-15-20-9-8-14(25-20)16(19(23)24)17(20)18(22)21(15)13-7-5-4-6-12(13)3/h4-9,14-17H,1,10H2,2-3H3,(H,23,24)/p-1/t14-,15+,16+,17-,20+/m0/s1. The zero-order valence-electron chi connectivity index (χ0n) is 14.3. The van der Waals surface area contributed by atoms with Crippen LogP contribution in [0.3, 0.4) is 0 Å².